The SMILES string of the molecule is CC(N)/C(=C\C(=C/N)c1ccc2nc(NC(=O)C(O)CCC(=O)O)cn2c1)C(F)(F)F. The highest BCUT2D eigenvalue weighted by atomic mass is 19.4. The van der Waals surface area contributed by atoms with Crippen molar-refractivity contribution in [2.45, 2.75) is 38.1 Å². The van der Waals surface area contributed by atoms with Crippen LogP contribution < -0.4 is 16.8 Å². The Labute approximate surface area is 174 Å². The first-order valence-corrected chi connectivity index (χ1v) is 9.08. The van der Waals surface area contributed by atoms with Crippen LogP contribution in [-0.2, 0) is 9.59 Å². The molecule has 2 atom stereocenters. The molecule has 0 aliphatic rings. The number of amides is 1. The standard InChI is InChI=1S/C19H22F3N5O4/c1-10(24)13(19(20,21)22)6-12(7-23)11-2-4-16-25-15(9-27(16)8-11)26-18(31)14(28)3-5-17(29)30/h2,4,6-10,14,28H,3,5,23-24H2,1H3,(H,26,31)(H,29,30)/b12-7+,13-6+. The van der Waals surface area contributed by atoms with Gasteiger partial charge < -0.3 is 31.4 Å². The number of hydrogen-bond donors (Lipinski definition) is 5. The smallest absolute Gasteiger partial charge is 0.414 e. The molecule has 2 aromatic rings. The van der Waals surface area contributed by atoms with Crippen LogP contribution in [0.5, 0.6) is 0 Å². The van der Waals surface area contributed by atoms with Gasteiger partial charge in [-0.1, -0.05) is 0 Å². The third-order valence-corrected chi connectivity index (χ3v) is 4.28. The molecule has 0 aliphatic heterocycles. The molecule has 0 aliphatic carbocycles. The number of alkyl halides is 3. The molecule has 31 heavy (non-hydrogen) atoms. The third-order valence-electron chi connectivity index (χ3n) is 4.28. The number of aromatic nitrogens is 2. The lowest BCUT2D eigenvalue weighted by molar-refractivity contribution is -0.138. The maximum Gasteiger partial charge on any atom is 0.414 e. The van der Waals surface area contributed by atoms with E-state index < -0.39 is 35.8 Å². The molecule has 2 aromatic heterocycles. The second kappa shape index (κ2) is 9.62. The molecule has 0 saturated heterocycles. The highest BCUT2D eigenvalue weighted by Crippen LogP contribution is 2.30. The van der Waals surface area contributed by atoms with E-state index in [4.69, 9.17) is 16.6 Å². The van der Waals surface area contributed by atoms with Gasteiger partial charge in [0.15, 0.2) is 5.82 Å². The van der Waals surface area contributed by atoms with Crippen LogP contribution in [0.3, 0.4) is 0 Å². The number of aliphatic hydroxyl groups is 1. The monoisotopic (exact) mass is 441 g/mol. The van der Waals surface area contributed by atoms with Gasteiger partial charge in [0.1, 0.15) is 11.8 Å². The largest absolute Gasteiger partial charge is 0.481 e. The molecule has 0 saturated carbocycles. The van der Waals surface area contributed by atoms with Crippen molar-refractivity contribution in [2.24, 2.45) is 11.5 Å². The topological polar surface area (TPSA) is 156 Å². The van der Waals surface area contributed by atoms with Gasteiger partial charge in [-0.2, -0.15) is 13.2 Å². The van der Waals surface area contributed by atoms with Crippen LogP contribution in [0.25, 0.3) is 11.2 Å². The number of imidazole rings is 1. The zero-order valence-corrected chi connectivity index (χ0v) is 16.4. The van der Waals surface area contributed by atoms with Crippen LogP contribution >= 0.6 is 0 Å². The molecule has 0 spiro atoms. The van der Waals surface area contributed by atoms with E-state index in [0.717, 1.165) is 12.3 Å². The second-order valence-corrected chi connectivity index (χ2v) is 6.75. The van der Waals surface area contributed by atoms with Crippen molar-refractivity contribution in [1.82, 2.24) is 9.38 Å². The van der Waals surface area contributed by atoms with Gasteiger partial charge in [-0.05, 0) is 42.7 Å². The number of carboxylic acids is 1. The summed E-state index contributed by atoms with van der Waals surface area (Å²) in [5.41, 5.74) is 10.8. The van der Waals surface area contributed by atoms with Gasteiger partial charge >= 0.3 is 12.1 Å². The molecule has 12 heteroatoms. The zero-order valence-electron chi connectivity index (χ0n) is 16.4. The third kappa shape index (κ3) is 6.30. The fraction of sp³-hybridized carbons (Fsp3) is 0.316. The number of rotatable bonds is 8. The molecule has 168 valence electrons. The molecular weight excluding hydrogens is 419 g/mol. The van der Waals surface area contributed by atoms with E-state index in [1.165, 1.54) is 35.9 Å². The van der Waals surface area contributed by atoms with Crippen molar-refractivity contribution in [3.63, 3.8) is 0 Å². The number of halogens is 3. The van der Waals surface area contributed by atoms with Crippen molar-refractivity contribution >= 4 is 28.9 Å². The number of pyridine rings is 1. The number of carbonyl (C=O) groups excluding carboxylic acids is 1. The van der Waals surface area contributed by atoms with Gasteiger partial charge in [0.05, 0.1) is 11.8 Å². The maximum absolute atomic E-state index is 13.2. The highest BCUT2D eigenvalue weighted by molar-refractivity contribution is 5.93. The zero-order chi connectivity index (χ0) is 23.3. The summed E-state index contributed by atoms with van der Waals surface area (Å²) in [6.45, 7) is 1.21. The number of fused-ring (bicyclic) bond motifs is 1. The molecule has 2 rings (SSSR count). The molecule has 1 amide bonds. The Morgan fingerprint density at radius 2 is 2.00 bits per heavy atom. The fourth-order valence-electron chi connectivity index (χ4n) is 2.69. The first-order valence-electron chi connectivity index (χ1n) is 9.08. The van der Waals surface area contributed by atoms with Crippen LogP contribution in [0.1, 0.15) is 25.3 Å². The van der Waals surface area contributed by atoms with E-state index in [1.54, 1.807) is 0 Å². The van der Waals surface area contributed by atoms with Crippen LogP contribution in [0.15, 0.2) is 42.4 Å². The molecule has 0 aromatic carbocycles. The number of carboxylic acid groups (broad SMARTS) is 1. The summed E-state index contributed by atoms with van der Waals surface area (Å²) >= 11 is 0. The average molecular weight is 441 g/mol. The van der Waals surface area contributed by atoms with Gasteiger partial charge in [0, 0.05) is 24.9 Å². The van der Waals surface area contributed by atoms with Gasteiger partial charge in [-0.25, -0.2) is 4.98 Å². The Morgan fingerprint density at radius 1 is 1.32 bits per heavy atom. The predicted octanol–water partition coefficient (Wildman–Crippen LogP) is 1.63. The summed E-state index contributed by atoms with van der Waals surface area (Å²) in [6.07, 6.45) is -2.08. The normalized spacial score (nSPS) is 15.0. The first-order chi connectivity index (χ1) is 14.4. The number of nitrogens with one attached hydrogen (secondary N) is 1. The summed E-state index contributed by atoms with van der Waals surface area (Å²) in [6, 6.07) is 1.74. The van der Waals surface area contributed by atoms with Gasteiger partial charge in [0.2, 0.25) is 0 Å². The number of anilines is 1. The molecule has 0 radical (unpaired) electrons. The highest BCUT2D eigenvalue weighted by Gasteiger charge is 2.35. The van der Waals surface area contributed by atoms with Crippen molar-refractivity contribution in [2.75, 3.05) is 5.32 Å². The number of nitrogens with two attached hydrogens (primary N) is 2. The van der Waals surface area contributed by atoms with E-state index >= 15 is 0 Å². The Morgan fingerprint density at radius 3 is 2.55 bits per heavy atom. The van der Waals surface area contributed by atoms with Crippen molar-refractivity contribution < 1.29 is 33.0 Å². The molecule has 2 heterocycles. The summed E-state index contributed by atoms with van der Waals surface area (Å²) in [5, 5.41) is 20.7. The Balaban J connectivity index is 2.27. The number of carbonyl (C=O) groups is 2. The number of nitrogens with zero attached hydrogens (tertiary/aromatic N) is 2. The Bertz CT molecular complexity index is 1030. The van der Waals surface area contributed by atoms with E-state index in [1.807, 2.05) is 0 Å². The number of allylic oxidation sites excluding steroid dienone is 2. The fourth-order valence-corrected chi connectivity index (χ4v) is 2.69. The van der Waals surface area contributed by atoms with Gasteiger partial charge in [0.25, 0.3) is 5.91 Å². The van der Waals surface area contributed by atoms with E-state index in [-0.39, 0.29) is 24.2 Å². The molecule has 9 nitrogen and oxygen atoms in total. The first kappa shape index (κ1) is 23.9. The van der Waals surface area contributed by atoms with Crippen LogP contribution in [0.2, 0.25) is 0 Å². The lowest BCUT2D eigenvalue weighted by atomic mass is 10.0. The van der Waals surface area contributed by atoms with Gasteiger partial charge in [-0.15, -0.1) is 0 Å². The van der Waals surface area contributed by atoms with E-state index in [2.05, 4.69) is 10.3 Å². The average Bonchev–Trinajstić information content (AvgIpc) is 3.06. The number of hydrogen-bond acceptors (Lipinski definition) is 6. The minimum atomic E-state index is -4.62. The van der Waals surface area contributed by atoms with Crippen molar-refractivity contribution in [3.05, 3.63) is 47.9 Å². The molecule has 7 N–H and O–H groups in total. The van der Waals surface area contributed by atoms with Gasteiger partial charge in [-0.3, -0.25) is 9.59 Å². The predicted molar refractivity (Wildman–Crippen MR) is 107 cm³/mol. The molecule has 0 bridgehead atoms. The van der Waals surface area contributed by atoms with Crippen LogP contribution in [-0.4, -0.2) is 49.8 Å². The Hall–Kier alpha value is -3.38. The summed E-state index contributed by atoms with van der Waals surface area (Å²) in [5.74, 6) is -1.92. The van der Waals surface area contributed by atoms with Crippen LogP contribution in [0, 0.1) is 0 Å². The summed E-state index contributed by atoms with van der Waals surface area (Å²) in [4.78, 5) is 26.6. The van der Waals surface area contributed by atoms with E-state index in [0.29, 0.717) is 11.2 Å². The maximum atomic E-state index is 13.2. The molecular formula is C19H22F3N5O4. The summed E-state index contributed by atoms with van der Waals surface area (Å²) in [7, 11) is 0. The number of aliphatic hydroxyl groups excluding tert-OH is 1. The minimum absolute atomic E-state index is 0.0666. The Kier molecular flexibility index (Phi) is 7.41. The van der Waals surface area contributed by atoms with Crippen molar-refractivity contribution in [1.29, 1.82) is 0 Å². The summed E-state index contributed by atoms with van der Waals surface area (Å²) < 4.78 is 41.1. The molecule has 2 unspecified atom stereocenters. The van der Waals surface area contributed by atoms with Crippen LogP contribution in [0.4, 0.5) is 19.0 Å². The lowest BCUT2D eigenvalue weighted by Crippen LogP contribution is -2.28. The number of aliphatic carboxylic acids is 1. The van der Waals surface area contributed by atoms with E-state index in [9.17, 15) is 27.9 Å². The lowest BCUT2D eigenvalue weighted by Gasteiger charge is -2.16. The minimum Gasteiger partial charge on any atom is -0.481 e. The molecule has 0 fully saturated rings. The second-order valence-electron chi connectivity index (χ2n) is 6.75. The van der Waals surface area contributed by atoms with Crippen molar-refractivity contribution in [3.8, 4) is 0 Å². The quantitative estimate of drug-likeness (QED) is 0.390.